The number of rotatable bonds is 7. The van der Waals surface area contributed by atoms with E-state index in [0.29, 0.717) is 6.61 Å². The fourth-order valence-electron chi connectivity index (χ4n) is 1.88. The van der Waals surface area contributed by atoms with Crippen LogP contribution in [0.15, 0.2) is 24.3 Å². The zero-order chi connectivity index (χ0) is 12.1. The summed E-state index contributed by atoms with van der Waals surface area (Å²) in [5.41, 5.74) is 7.21. The molecule has 0 heterocycles. The van der Waals surface area contributed by atoms with Crippen LogP contribution < -0.4 is 10.5 Å². The molecule has 0 bridgehead atoms. The van der Waals surface area contributed by atoms with Gasteiger partial charge in [0, 0.05) is 12.6 Å². The van der Waals surface area contributed by atoms with Gasteiger partial charge in [-0.3, -0.25) is 0 Å². The number of nitrogens with two attached hydrogens (primary N) is 1. The first-order chi connectivity index (χ1) is 8.29. The van der Waals surface area contributed by atoms with Gasteiger partial charge in [0.25, 0.3) is 0 Å². The van der Waals surface area contributed by atoms with Gasteiger partial charge < -0.3 is 15.2 Å². The molecule has 1 aliphatic carbocycles. The highest BCUT2D eigenvalue weighted by atomic mass is 16.5. The van der Waals surface area contributed by atoms with Gasteiger partial charge in [-0.1, -0.05) is 18.2 Å². The molecule has 1 unspecified atom stereocenters. The number of benzene rings is 1. The number of hydrogen-bond donors (Lipinski definition) is 1. The molecule has 0 radical (unpaired) electrons. The van der Waals surface area contributed by atoms with E-state index in [4.69, 9.17) is 15.2 Å². The zero-order valence-corrected chi connectivity index (χ0v) is 10.4. The van der Waals surface area contributed by atoms with Gasteiger partial charge in [0.2, 0.25) is 0 Å². The molecule has 94 valence electrons. The molecule has 3 nitrogen and oxygen atoms in total. The van der Waals surface area contributed by atoms with Crippen molar-refractivity contribution in [1.82, 2.24) is 0 Å². The average Bonchev–Trinajstić information content (AvgIpc) is 3.14. The Morgan fingerprint density at radius 1 is 1.35 bits per heavy atom. The van der Waals surface area contributed by atoms with Crippen molar-refractivity contribution in [2.75, 3.05) is 20.3 Å². The summed E-state index contributed by atoms with van der Waals surface area (Å²) >= 11 is 0. The SMILES string of the molecule is COc1ccccc1CC(N)COCC1CC1. The van der Waals surface area contributed by atoms with E-state index < -0.39 is 0 Å². The highest BCUT2D eigenvalue weighted by molar-refractivity contribution is 5.33. The van der Waals surface area contributed by atoms with Crippen LogP contribution in [0.3, 0.4) is 0 Å². The van der Waals surface area contributed by atoms with Crippen molar-refractivity contribution in [2.24, 2.45) is 11.7 Å². The smallest absolute Gasteiger partial charge is 0.122 e. The number of hydrogen-bond acceptors (Lipinski definition) is 3. The first kappa shape index (κ1) is 12.4. The zero-order valence-electron chi connectivity index (χ0n) is 10.4. The lowest BCUT2D eigenvalue weighted by Crippen LogP contribution is -2.29. The maximum atomic E-state index is 6.06. The van der Waals surface area contributed by atoms with Crippen molar-refractivity contribution < 1.29 is 9.47 Å². The molecule has 2 rings (SSSR count). The Labute approximate surface area is 103 Å². The summed E-state index contributed by atoms with van der Waals surface area (Å²) < 4.78 is 10.9. The van der Waals surface area contributed by atoms with Gasteiger partial charge in [0.15, 0.2) is 0 Å². The largest absolute Gasteiger partial charge is 0.496 e. The molecule has 3 heteroatoms. The van der Waals surface area contributed by atoms with Crippen LogP contribution in [0.25, 0.3) is 0 Å². The molecular weight excluding hydrogens is 214 g/mol. The summed E-state index contributed by atoms with van der Waals surface area (Å²) in [7, 11) is 1.69. The van der Waals surface area contributed by atoms with Crippen molar-refractivity contribution in [2.45, 2.75) is 25.3 Å². The fraction of sp³-hybridized carbons (Fsp3) is 0.571. The van der Waals surface area contributed by atoms with Crippen molar-refractivity contribution >= 4 is 0 Å². The van der Waals surface area contributed by atoms with E-state index in [9.17, 15) is 0 Å². The Kier molecular flexibility index (Phi) is 4.40. The number of para-hydroxylation sites is 1. The Balaban J connectivity index is 1.77. The Hall–Kier alpha value is -1.06. The third-order valence-corrected chi connectivity index (χ3v) is 3.06. The lowest BCUT2D eigenvalue weighted by atomic mass is 10.1. The third kappa shape index (κ3) is 4.02. The van der Waals surface area contributed by atoms with Crippen LogP contribution in [0.1, 0.15) is 18.4 Å². The van der Waals surface area contributed by atoms with Gasteiger partial charge in [0.1, 0.15) is 5.75 Å². The molecule has 1 atom stereocenters. The molecule has 1 aromatic carbocycles. The van der Waals surface area contributed by atoms with Crippen molar-refractivity contribution in [3.8, 4) is 5.75 Å². The predicted molar refractivity (Wildman–Crippen MR) is 68.2 cm³/mol. The molecular formula is C14H21NO2. The van der Waals surface area contributed by atoms with Gasteiger partial charge in [0.05, 0.1) is 13.7 Å². The minimum Gasteiger partial charge on any atom is -0.496 e. The normalized spacial score (nSPS) is 16.8. The summed E-state index contributed by atoms with van der Waals surface area (Å²) in [5.74, 6) is 1.71. The number of methoxy groups -OCH3 is 1. The van der Waals surface area contributed by atoms with Crippen molar-refractivity contribution in [3.63, 3.8) is 0 Å². The first-order valence-electron chi connectivity index (χ1n) is 6.25. The van der Waals surface area contributed by atoms with Crippen LogP contribution >= 0.6 is 0 Å². The first-order valence-corrected chi connectivity index (χ1v) is 6.25. The van der Waals surface area contributed by atoms with Crippen LogP contribution in [0.4, 0.5) is 0 Å². The molecule has 2 N–H and O–H groups in total. The summed E-state index contributed by atoms with van der Waals surface area (Å²) in [6.07, 6.45) is 3.44. The summed E-state index contributed by atoms with van der Waals surface area (Å²) in [5, 5.41) is 0. The fourth-order valence-corrected chi connectivity index (χ4v) is 1.88. The summed E-state index contributed by atoms with van der Waals surface area (Å²) in [6, 6.07) is 8.05. The molecule has 1 fully saturated rings. The quantitative estimate of drug-likeness (QED) is 0.786. The molecule has 0 amide bonds. The lowest BCUT2D eigenvalue weighted by Gasteiger charge is -2.14. The van der Waals surface area contributed by atoms with E-state index in [-0.39, 0.29) is 6.04 Å². The number of ether oxygens (including phenoxy) is 2. The molecule has 0 aliphatic heterocycles. The Bertz CT molecular complexity index is 350. The van der Waals surface area contributed by atoms with Gasteiger partial charge in [-0.05, 0) is 36.8 Å². The second-order valence-electron chi connectivity index (χ2n) is 4.76. The molecule has 0 spiro atoms. The van der Waals surface area contributed by atoms with Crippen LogP contribution in [0.5, 0.6) is 5.75 Å². The van der Waals surface area contributed by atoms with Crippen LogP contribution in [-0.4, -0.2) is 26.4 Å². The molecule has 0 aromatic heterocycles. The molecule has 1 aromatic rings. The maximum absolute atomic E-state index is 6.06. The van der Waals surface area contributed by atoms with E-state index in [0.717, 1.165) is 30.3 Å². The van der Waals surface area contributed by atoms with Crippen molar-refractivity contribution in [3.05, 3.63) is 29.8 Å². The monoisotopic (exact) mass is 235 g/mol. The van der Waals surface area contributed by atoms with Crippen LogP contribution in [-0.2, 0) is 11.2 Å². The standard InChI is InChI=1S/C14H21NO2/c1-16-14-5-3-2-4-12(14)8-13(15)10-17-9-11-6-7-11/h2-5,11,13H,6-10,15H2,1H3. The van der Waals surface area contributed by atoms with E-state index >= 15 is 0 Å². The van der Waals surface area contributed by atoms with Crippen LogP contribution in [0.2, 0.25) is 0 Å². The lowest BCUT2D eigenvalue weighted by molar-refractivity contribution is 0.111. The highest BCUT2D eigenvalue weighted by Gasteiger charge is 2.21. The van der Waals surface area contributed by atoms with Gasteiger partial charge in [-0.25, -0.2) is 0 Å². The Morgan fingerprint density at radius 2 is 2.12 bits per heavy atom. The minimum atomic E-state index is 0.0463. The van der Waals surface area contributed by atoms with Crippen LogP contribution in [0, 0.1) is 5.92 Å². The highest BCUT2D eigenvalue weighted by Crippen LogP contribution is 2.28. The van der Waals surface area contributed by atoms with Gasteiger partial charge in [-0.15, -0.1) is 0 Å². The summed E-state index contributed by atoms with van der Waals surface area (Å²) in [4.78, 5) is 0. The topological polar surface area (TPSA) is 44.5 Å². The molecule has 0 saturated heterocycles. The molecule has 1 saturated carbocycles. The maximum Gasteiger partial charge on any atom is 0.122 e. The second-order valence-corrected chi connectivity index (χ2v) is 4.76. The average molecular weight is 235 g/mol. The van der Waals surface area contributed by atoms with E-state index in [1.54, 1.807) is 7.11 Å². The second kappa shape index (κ2) is 6.03. The third-order valence-electron chi connectivity index (χ3n) is 3.06. The van der Waals surface area contributed by atoms with Gasteiger partial charge >= 0.3 is 0 Å². The minimum absolute atomic E-state index is 0.0463. The molecule has 1 aliphatic rings. The molecule has 17 heavy (non-hydrogen) atoms. The van der Waals surface area contributed by atoms with E-state index in [2.05, 4.69) is 6.07 Å². The predicted octanol–water partition coefficient (Wildman–Crippen LogP) is 1.99. The van der Waals surface area contributed by atoms with E-state index in [1.165, 1.54) is 12.8 Å². The summed E-state index contributed by atoms with van der Waals surface area (Å²) in [6.45, 7) is 1.51. The van der Waals surface area contributed by atoms with Gasteiger partial charge in [-0.2, -0.15) is 0 Å². The van der Waals surface area contributed by atoms with E-state index in [1.807, 2.05) is 18.2 Å². The Morgan fingerprint density at radius 3 is 2.82 bits per heavy atom. The van der Waals surface area contributed by atoms with Crippen molar-refractivity contribution in [1.29, 1.82) is 0 Å².